The minimum absolute atomic E-state index is 0.0338. The molecule has 1 heterocycles. The van der Waals surface area contributed by atoms with Crippen molar-refractivity contribution in [2.24, 2.45) is 0 Å². The van der Waals surface area contributed by atoms with E-state index < -0.39 is 21.4 Å². The predicted octanol–water partition coefficient (Wildman–Crippen LogP) is 1.94. The standard InChI is InChI=1S/C13H12O5S/c1-17-10-4-2-5-11(8-10)19(15,16)9-12(14)13-6-3-7-18-13/h2-8H,9H2,1H3. The summed E-state index contributed by atoms with van der Waals surface area (Å²) in [4.78, 5) is 11.8. The van der Waals surface area contributed by atoms with Crippen molar-refractivity contribution < 1.29 is 22.4 Å². The van der Waals surface area contributed by atoms with Crippen molar-refractivity contribution in [3.05, 3.63) is 48.4 Å². The highest BCUT2D eigenvalue weighted by atomic mass is 32.2. The number of methoxy groups -OCH3 is 1. The van der Waals surface area contributed by atoms with Gasteiger partial charge in [0, 0.05) is 0 Å². The first-order valence-corrected chi connectivity index (χ1v) is 7.11. The lowest BCUT2D eigenvalue weighted by Gasteiger charge is -2.05. The molecule has 2 rings (SSSR count). The van der Waals surface area contributed by atoms with Crippen LogP contribution in [-0.2, 0) is 9.84 Å². The van der Waals surface area contributed by atoms with Crippen molar-refractivity contribution in [3.63, 3.8) is 0 Å². The van der Waals surface area contributed by atoms with Crippen LogP contribution in [0.25, 0.3) is 0 Å². The number of ketones is 1. The molecule has 100 valence electrons. The average molecular weight is 280 g/mol. The van der Waals surface area contributed by atoms with Gasteiger partial charge in [-0.25, -0.2) is 8.42 Å². The molecule has 19 heavy (non-hydrogen) atoms. The molecule has 6 heteroatoms. The van der Waals surface area contributed by atoms with Crippen LogP contribution < -0.4 is 4.74 Å². The fourth-order valence-electron chi connectivity index (χ4n) is 1.56. The summed E-state index contributed by atoms with van der Waals surface area (Å²) in [5.74, 6) is -0.751. The van der Waals surface area contributed by atoms with Crippen molar-refractivity contribution in [2.45, 2.75) is 4.90 Å². The Bertz CT molecular complexity index is 671. The van der Waals surface area contributed by atoms with E-state index in [-0.39, 0.29) is 10.7 Å². The minimum Gasteiger partial charge on any atom is -0.497 e. The zero-order chi connectivity index (χ0) is 13.9. The minimum atomic E-state index is -3.71. The Hall–Kier alpha value is -2.08. The SMILES string of the molecule is COc1cccc(S(=O)(=O)CC(=O)c2ccco2)c1. The molecule has 1 aromatic heterocycles. The Morgan fingerprint density at radius 2 is 2.05 bits per heavy atom. The largest absolute Gasteiger partial charge is 0.497 e. The molecule has 0 saturated carbocycles. The van der Waals surface area contributed by atoms with Crippen LogP contribution in [0.4, 0.5) is 0 Å². The van der Waals surface area contributed by atoms with E-state index in [9.17, 15) is 13.2 Å². The molecule has 5 nitrogen and oxygen atoms in total. The van der Waals surface area contributed by atoms with Crippen molar-refractivity contribution >= 4 is 15.6 Å². The fraction of sp³-hybridized carbons (Fsp3) is 0.154. The quantitative estimate of drug-likeness (QED) is 0.782. The average Bonchev–Trinajstić information content (AvgIpc) is 2.92. The highest BCUT2D eigenvalue weighted by molar-refractivity contribution is 7.92. The molecule has 0 aliphatic carbocycles. The predicted molar refractivity (Wildman–Crippen MR) is 68.1 cm³/mol. The maximum absolute atomic E-state index is 12.1. The smallest absolute Gasteiger partial charge is 0.213 e. The number of sulfone groups is 1. The monoisotopic (exact) mass is 280 g/mol. The molecule has 0 N–H and O–H groups in total. The van der Waals surface area contributed by atoms with E-state index in [0.29, 0.717) is 5.75 Å². The highest BCUT2D eigenvalue weighted by Crippen LogP contribution is 2.19. The summed E-state index contributed by atoms with van der Waals surface area (Å²) in [6.45, 7) is 0. The number of furan rings is 1. The highest BCUT2D eigenvalue weighted by Gasteiger charge is 2.22. The third-order valence-corrected chi connectivity index (χ3v) is 4.13. The van der Waals surface area contributed by atoms with Crippen molar-refractivity contribution in [1.29, 1.82) is 0 Å². The molecule has 0 radical (unpaired) electrons. The number of hydrogen-bond acceptors (Lipinski definition) is 5. The van der Waals surface area contributed by atoms with E-state index in [4.69, 9.17) is 9.15 Å². The lowest BCUT2D eigenvalue weighted by molar-refractivity contribution is 0.0990. The molecule has 0 saturated heterocycles. The molecule has 2 aromatic rings. The Morgan fingerprint density at radius 3 is 2.68 bits per heavy atom. The van der Waals surface area contributed by atoms with Crippen LogP contribution in [0.2, 0.25) is 0 Å². The summed E-state index contributed by atoms with van der Waals surface area (Å²) >= 11 is 0. The third-order valence-electron chi connectivity index (χ3n) is 2.52. The van der Waals surface area contributed by atoms with E-state index in [1.807, 2.05) is 0 Å². The van der Waals surface area contributed by atoms with Crippen LogP contribution in [0.1, 0.15) is 10.6 Å². The molecule has 0 amide bonds. The van der Waals surface area contributed by atoms with Gasteiger partial charge in [-0.15, -0.1) is 0 Å². The second-order valence-electron chi connectivity index (χ2n) is 3.84. The first-order chi connectivity index (χ1) is 9.03. The van der Waals surface area contributed by atoms with Gasteiger partial charge in [-0.2, -0.15) is 0 Å². The molecule has 0 unspecified atom stereocenters. The molecule has 0 aliphatic rings. The van der Waals surface area contributed by atoms with Gasteiger partial charge in [0.15, 0.2) is 15.6 Å². The third kappa shape index (κ3) is 3.03. The van der Waals surface area contributed by atoms with Crippen LogP contribution in [-0.4, -0.2) is 27.1 Å². The normalized spacial score (nSPS) is 11.2. The Balaban J connectivity index is 2.25. The number of rotatable bonds is 5. The summed E-state index contributed by atoms with van der Waals surface area (Å²) in [7, 11) is -2.26. The van der Waals surface area contributed by atoms with Gasteiger partial charge < -0.3 is 9.15 Å². The maximum atomic E-state index is 12.1. The molecule has 0 bridgehead atoms. The molecule has 1 aromatic carbocycles. The number of carbonyl (C=O) groups is 1. The maximum Gasteiger partial charge on any atom is 0.213 e. The number of Topliss-reactive ketones (excluding diaryl/α,β-unsaturated/α-hetero) is 1. The number of hydrogen-bond donors (Lipinski definition) is 0. The summed E-state index contributed by atoms with van der Waals surface area (Å²) in [6, 6.07) is 8.96. The number of benzene rings is 1. The van der Waals surface area contributed by atoms with Crippen LogP contribution in [0.5, 0.6) is 5.75 Å². The summed E-state index contributed by atoms with van der Waals surface area (Å²) in [5.41, 5.74) is 0. The Morgan fingerprint density at radius 1 is 1.26 bits per heavy atom. The second-order valence-corrected chi connectivity index (χ2v) is 5.83. The first kappa shape index (κ1) is 13.4. The van der Waals surface area contributed by atoms with E-state index in [2.05, 4.69) is 0 Å². The second kappa shape index (κ2) is 5.27. The van der Waals surface area contributed by atoms with Crippen LogP contribution in [0, 0.1) is 0 Å². The van der Waals surface area contributed by atoms with Gasteiger partial charge in [0.05, 0.1) is 18.3 Å². The lowest BCUT2D eigenvalue weighted by atomic mass is 10.3. The number of carbonyl (C=O) groups excluding carboxylic acids is 1. The summed E-state index contributed by atoms with van der Waals surface area (Å²) in [5, 5.41) is 0. The van der Waals surface area contributed by atoms with Crippen LogP contribution >= 0.6 is 0 Å². The van der Waals surface area contributed by atoms with E-state index in [0.717, 1.165) is 0 Å². The zero-order valence-corrected chi connectivity index (χ0v) is 11.0. The molecular weight excluding hydrogens is 268 g/mol. The topological polar surface area (TPSA) is 73.6 Å². The van der Waals surface area contributed by atoms with Gasteiger partial charge in [0.25, 0.3) is 0 Å². The molecule has 0 atom stereocenters. The summed E-state index contributed by atoms with van der Waals surface area (Å²) in [6.07, 6.45) is 1.32. The van der Waals surface area contributed by atoms with Gasteiger partial charge in [-0.1, -0.05) is 6.07 Å². The fourth-order valence-corrected chi connectivity index (χ4v) is 2.79. The Kier molecular flexibility index (Phi) is 3.71. The summed E-state index contributed by atoms with van der Waals surface area (Å²) < 4.78 is 34.0. The zero-order valence-electron chi connectivity index (χ0n) is 10.2. The molecular formula is C13H12O5S. The van der Waals surface area contributed by atoms with E-state index >= 15 is 0 Å². The molecule has 0 fully saturated rings. The van der Waals surface area contributed by atoms with Gasteiger partial charge in [-0.05, 0) is 30.3 Å². The molecule has 0 aliphatic heterocycles. The van der Waals surface area contributed by atoms with Crippen molar-refractivity contribution in [1.82, 2.24) is 0 Å². The van der Waals surface area contributed by atoms with Gasteiger partial charge >= 0.3 is 0 Å². The number of ether oxygens (including phenoxy) is 1. The van der Waals surface area contributed by atoms with Gasteiger partial charge in [0.2, 0.25) is 5.78 Å². The van der Waals surface area contributed by atoms with Crippen molar-refractivity contribution in [3.8, 4) is 5.75 Å². The van der Waals surface area contributed by atoms with E-state index in [1.165, 1.54) is 37.6 Å². The van der Waals surface area contributed by atoms with Crippen molar-refractivity contribution in [2.75, 3.05) is 12.9 Å². The van der Waals surface area contributed by atoms with Gasteiger partial charge in [-0.3, -0.25) is 4.79 Å². The van der Waals surface area contributed by atoms with E-state index in [1.54, 1.807) is 12.1 Å². The lowest BCUT2D eigenvalue weighted by Crippen LogP contribution is -2.16. The molecule has 0 spiro atoms. The van der Waals surface area contributed by atoms with Crippen LogP contribution in [0.3, 0.4) is 0 Å². The van der Waals surface area contributed by atoms with Crippen LogP contribution in [0.15, 0.2) is 52.0 Å². The first-order valence-electron chi connectivity index (χ1n) is 5.46. The van der Waals surface area contributed by atoms with Gasteiger partial charge in [0.1, 0.15) is 11.5 Å². The Labute approximate surface area is 110 Å².